The average molecular weight is 283 g/mol. The predicted octanol–water partition coefficient (Wildman–Crippen LogP) is 2.99. The quantitative estimate of drug-likeness (QED) is 0.695. The zero-order valence-corrected chi connectivity index (χ0v) is 11.6. The van der Waals surface area contributed by atoms with E-state index in [-0.39, 0.29) is 11.9 Å². The van der Waals surface area contributed by atoms with Gasteiger partial charge in [-0.25, -0.2) is 4.79 Å². The Kier molecular flexibility index (Phi) is 3.77. The first-order valence-corrected chi connectivity index (χ1v) is 6.98. The Labute approximate surface area is 123 Å². The van der Waals surface area contributed by atoms with Crippen molar-refractivity contribution in [1.82, 2.24) is 0 Å². The molecule has 2 aromatic rings. The monoisotopic (exact) mass is 283 g/mol. The van der Waals surface area contributed by atoms with Gasteiger partial charge in [-0.15, -0.1) is 0 Å². The summed E-state index contributed by atoms with van der Waals surface area (Å²) < 4.78 is 11.0. The van der Waals surface area contributed by atoms with E-state index in [4.69, 9.17) is 15.2 Å². The molecule has 0 spiro atoms. The summed E-state index contributed by atoms with van der Waals surface area (Å²) in [5.74, 6) is 0.754. The number of carbonyl (C=O) groups excluding carboxylic acids is 1. The molecule has 4 nitrogen and oxygen atoms in total. The second kappa shape index (κ2) is 5.87. The largest absolute Gasteiger partial charge is 0.493 e. The summed E-state index contributed by atoms with van der Waals surface area (Å²) in [7, 11) is 0. The van der Waals surface area contributed by atoms with Crippen molar-refractivity contribution in [2.45, 2.75) is 12.3 Å². The number of esters is 1. The van der Waals surface area contributed by atoms with Gasteiger partial charge < -0.3 is 15.2 Å². The summed E-state index contributed by atoms with van der Waals surface area (Å²) in [6.07, 6.45) is 0.853. The van der Waals surface area contributed by atoms with Crippen LogP contribution in [0.4, 0.5) is 5.69 Å². The Bertz CT molecular complexity index is 637. The van der Waals surface area contributed by atoms with E-state index in [2.05, 4.69) is 0 Å². The van der Waals surface area contributed by atoms with Gasteiger partial charge in [0, 0.05) is 17.2 Å². The van der Waals surface area contributed by atoms with E-state index in [9.17, 15) is 4.79 Å². The molecular formula is C17H17NO3. The number of hydrogen-bond donors (Lipinski definition) is 1. The fraction of sp³-hybridized carbons (Fsp3) is 0.235. The predicted molar refractivity (Wildman–Crippen MR) is 80.4 cm³/mol. The molecular weight excluding hydrogens is 266 g/mol. The number of rotatable bonds is 3. The topological polar surface area (TPSA) is 61.6 Å². The van der Waals surface area contributed by atoms with E-state index in [1.165, 1.54) is 0 Å². The summed E-state index contributed by atoms with van der Waals surface area (Å²) in [5, 5.41) is 0. The molecule has 0 saturated heterocycles. The first-order chi connectivity index (χ1) is 10.2. The molecule has 1 atom stereocenters. The summed E-state index contributed by atoms with van der Waals surface area (Å²) in [5.41, 5.74) is 7.86. The highest BCUT2D eigenvalue weighted by atomic mass is 16.5. The Morgan fingerprint density at radius 1 is 1.19 bits per heavy atom. The van der Waals surface area contributed by atoms with Gasteiger partial charge >= 0.3 is 5.97 Å². The number of nitrogens with two attached hydrogens (primary N) is 1. The van der Waals surface area contributed by atoms with Gasteiger partial charge in [-0.1, -0.05) is 18.2 Å². The molecule has 2 aromatic carbocycles. The SMILES string of the molecule is Nc1ccc(C(=O)OCC2CCOc3ccccc32)cc1. The zero-order valence-electron chi connectivity index (χ0n) is 11.6. The first kappa shape index (κ1) is 13.5. The van der Waals surface area contributed by atoms with Crippen LogP contribution in [0.3, 0.4) is 0 Å². The lowest BCUT2D eigenvalue weighted by atomic mass is 9.94. The van der Waals surface area contributed by atoms with E-state index < -0.39 is 0 Å². The minimum absolute atomic E-state index is 0.188. The van der Waals surface area contributed by atoms with E-state index in [0.29, 0.717) is 24.5 Å². The van der Waals surface area contributed by atoms with Crippen molar-refractivity contribution in [3.63, 3.8) is 0 Å². The molecule has 1 aliphatic heterocycles. The number of ether oxygens (including phenoxy) is 2. The Balaban J connectivity index is 1.66. The normalized spacial score (nSPS) is 16.7. The van der Waals surface area contributed by atoms with Crippen molar-refractivity contribution >= 4 is 11.7 Å². The summed E-state index contributed by atoms with van der Waals surface area (Å²) in [4.78, 5) is 12.0. The lowest BCUT2D eigenvalue weighted by molar-refractivity contribution is 0.0459. The van der Waals surface area contributed by atoms with E-state index in [1.807, 2.05) is 24.3 Å². The minimum atomic E-state index is -0.320. The molecule has 3 rings (SSSR count). The number of hydrogen-bond acceptors (Lipinski definition) is 4. The van der Waals surface area contributed by atoms with Crippen LogP contribution in [0.1, 0.15) is 28.3 Å². The highest BCUT2D eigenvalue weighted by molar-refractivity contribution is 5.89. The van der Waals surface area contributed by atoms with Crippen LogP contribution in [0.2, 0.25) is 0 Å². The van der Waals surface area contributed by atoms with Gasteiger partial charge in [0.2, 0.25) is 0 Å². The van der Waals surface area contributed by atoms with Gasteiger partial charge in [0.05, 0.1) is 18.8 Å². The highest BCUT2D eigenvalue weighted by Gasteiger charge is 2.22. The van der Waals surface area contributed by atoms with Gasteiger partial charge in [0.15, 0.2) is 0 Å². The molecule has 1 aliphatic rings. The fourth-order valence-corrected chi connectivity index (χ4v) is 2.47. The van der Waals surface area contributed by atoms with E-state index >= 15 is 0 Å². The molecule has 2 N–H and O–H groups in total. The number of fused-ring (bicyclic) bond motifs is 1. The fourth-order valence-electron chi connectivity index (χ4n) is 2.47. The van der Waals surface area contributed by atoms with Crippen molar-refractivity contribution in [3.05, 3.63) is 59.7 Å². The number of anilines is 1. The molecule has 0 aromatic heterocycles. The summed E-state index contributed by atoms with van der Waals surface area (Å²) in [6.45, 7) is 1.02. The Morgan fingerprint density at radius 2 is 1.95 bits per heavy atom. The molecule has 0 bridgehead atoms. The van der Waals surface area contributed by atoms with E-state index in [0.717, 1.165) is 17.7 Å². The second-order valence-corrected chi connectivity index (χ2v) is 5.09. The van der Waals surface area contributed by atoms with Crippen LogP contribution < -0.4 is 10.5 Å². The Morgan fingerprint density at radius 3 is 2.76 bits per heavy atom. The maximum Gasteiger partial charge on any atom is 0.338 e. The lowest BCUT2D eigenvalue weighted by Crippen LogP contribution is -2.20. The number of para-hydroxylation sites is 1. The third-order valence-electron chi connectivity index (χ3n) is 3.64. The summed E-state index contributed by atoms with van der Waals surface area (Å²) >= 11 is 0. The van der Waals surface area contributed by atoms with Gasteiger partial charge in [0.1, 0.15) is 5.75 Å². The van der Waals surface area contributed by atoms with Gasteiger partial charge in [0.25, 0.3) is 0 Å². The first-order valence-electron chi connectivity index (χ1n) is 6.98. The van der Waals surface area contributed by atoms with Crippen molar-refractivity contribution in [2.75, 3.05) is 18.9 Å². The molecule has 108 valence electrons. The van der Waals surface area contributed by atoms with Crippen molar-refractivity contribution < 1.29 is 14.3 Å². The molecule has 0 saturated carbocycles. The van der Waals surface area contributed by atoms with Crippen LogP contribution in [0.15, 0.2) is 48.5 Å². The molecule has 0 radical (unpaired) electrons. The van der Waals surface area contributed by atoms with Crippen LogP contribution in [0.25, 0.3) is 0 Å². The second-order valence-electron chi connectivity index (χ2n) is 5.09. The van der Waals surface area contributed by atoms with Crippen molar-refractivity contribution in [3.8, 4) is 5.75 Å². The van der Waals surface area contributed by atoms with Crippen LogP contribution in [0, 0.1) is 0 Å². The standard InChI is InChI=1S/C17H17NO3/c18-14-7-5-12(6-8-14)17(19)21-11-13-9-10-20-16-4-2-1-3-15(13)16/h1-8,13H,9-11,18H2. The van der Waals surface area contributed by atoms with Gasteiger partial charge in [-0.05, 0) is 36.8 Å². The van der Waals surface area contributed by atoms with Gasteiger partial charge in [-0.2, -0.15) is 0 Å². The van der Waals surface area contributed by atoms with Crippen LogP contribution in [-0.2, 0) is 4.74 Å². The minimum Gasteiger partial charge on any atom is -0.493 e. The highest BCUT2D eigenvalue weighted by Crippen LogP contribution is 2.33. The maximum absolute atomic E-state index is 12.0. The van der Waals surface area contributed by atoms with E-state index in [1.54, 1.807) is 24.3 Å². The van der Waals surface area contributed by atoms with Crippen molar-refractivity contribution in [1.29, 1.82) is 0 Å². The zero-order chi connectivity index (χ0) is 14.7. The van der Waals surface area contributed by atoms with Crippen LogP contribution in [-0.4, -0.2) is 19.2 Å². The number of nitrogen functional groups attached to an aromatic ring is 1. The molecule has 0 fully saturated rings. The average Bonchev–Trinajstić information content (AvgIpc) is 2.53. The number of carbonyl (C=O) groups is 1. The van der Waals surface area contributed by atoms with Crippen LogP contribution >= 0.6 is 0 Å². The van der Waals surface area contributed by atoms with Gasteiger partial charge in [-0.3, -0.25) is 0 Å². The molecule has 21 heavy (non-hydrogen) atoms. The third-order valence-corrected chi connectivity index (χ3v) is 3.64. The lowest BCUT2D eigenvalue weighted by Gasteiger charge is -2.25. The van der Waals surface area contributed by atoms with Crippen molar-refractivity contribution in [2.24, 2.45) is 0 Å². The van der Waals surface area contributed by atoms with Crippen LogP contribution in [0.5, 0.6) is 5.75 Å². The Hall–Kier alpha value is -2.49. The smallest absolute Gasteiger partial charge is 0.338 e. The third kappa shape index (κ3) is 2.99. The molecule has 1 heterocycles. The summed E-state index contributed by atoms with van der Waals surface area (Å²) in [6, 6.07) is 14.6. The molecule has 0 amide bonds. The number of benzene rings is 2. The molecule has 0 aliphatic carbocycles. The molecule has 1 unspecified atom stereocenters. The maximum atomic E-state index is 12.0. The molecule has 4 heteroatoms.